The number of piperazine rings is 1. The van der Waals surface area contributed by atoms with Crippen molar-refractivity contribution in [3.05, 3.63) is 12.5 Å². The summed E-state index contributed by atoms with van der Waals surface area (Å²) in [6.45, 7) is 4.04. The predicted molar refractivity (Wildman–Crippen MR) is 60.3 cm³/mol. The van der Waals surface area contributed by atoms with Crippen LogP contribution in [-0.4, -0.2) is 40.5 Å². The van der Waals surface area contributed by atoms with Gasteiger partial charge in [0.2, 0.25) is 0 Å². The van der Waals surface area contributed by atoms with Crippen LogP contribution in [0, 0.1) is 0 Å². The summed E-state index contributed by atoms with van der Waals surface area (Å²) in [6.07, 6.45) is 3.48. The minimum absolute atomic E-state index is 0.971. The third-order valence-electron chi connectivity index (χ3n) is 2.56. The summed E-state index contributed by atoms with van der Waals surface area (Å²) >= 11 is 1.42. The van der Waals surface area contributed by atoms with Crippen molar-refractivity contribution in [1.82, 2.24) is 19.7 Å². The maximum Gasteiger partial charge on any atom is 0.148 e. The largest absolute Gasteiger partial charge is 0.353 e. The molecule has 0 aliphatic carbocycles. The lowest BCUT2D eigenvalue weighted by Gasteiger charge is -2.28. The van der Waals surface area contributed by atoms with E-state index in [0.717, 1.165) is 42.2 Å². The van der Waals surface area contributed by atoms with E-state index >= 15 is 0 Å². The zero-order valence-electron chi connectivity index (χ0n) is 8.18. The van der Waals surface area contributed by atoms with Crippen molar-refractivity contribution in [2.45, 2.75) is 0 Å². The molecule has 1 fully saturated rings. The van der Waals surface area contributed by atoms with Crippen LogP contribution in [0.25, 0.3) is 10.2 Å². The number of nitrogens with zero attached hydrogens (tertiary/aromatic N) is 4. The molecule has 0 unspecified atom stereocenters. The third-order valence-corrected chi connectivity index (χ3v) is 3.27. The van der Waals surface area contributed by atoms with E-state index in [9.17, 15) is 0 Å². The van der Waals surface area contributed by atoms with Crippen molar-refractivity contribution in [3.63, 3.8) is 0 Å². The zero-order valence-corrected chi connectivity index (χ0v) is 9.00. The molecule has 3 rings (SSSR count). The molecule has 0 bridgehead atoms. The number of anilines is 1. The Morgan fingerprint density at radius 1 is 1.27 bits per heavy atom. The van der Waals surface area contributed by atoms with Gasteiger partial charge in [-0.1, -0.05) is 0 Å². The summed E-state index contributed by atoms with van der Waals surface area (Å²) in [7, 11) is 0. The molecule has 1 aliphatic heterocycles. The molecule has 1 aliphatic rings. The minimum atomic E-state index is 0.971. The van der Waals surface area contributed by atoms with Crippen molar-refractivity contribution < 1.29 is 0 Å². The van der Waals surface area contributed by atoms with Crippen LogP contribution in [0.3, 0.4) is 0 Å². The van der Waals surface area contributed by atoms with Crippen molar-refractivity contribution >= 4 is 27.6 Å². The molecule has 6 heteroatoms. The molecule has 1 N–H and O–H groups in total. The molecule has 1 saturated heterocycles. The highest BCUT2D eigenvalue weighted by molar-refractivity contribution is 7.12. The Kier molecular flexibility index (Phi) is 2.22. The number of hydrogen-bond acceptors (Lipinski definition) is 6. The summed E-state index contributed by atoms with van der Waals surface area (Å²) in [5.74, 6) is 1.02. The first kappa shape index (κ1) is 8.99. The molecule has 5 nitrogen and oxygen atoms in total. The molecule has 0 saturated carbocycles. The summed E-state index contributed by atoms with van der Waals surface area (Å²) in [4.78, 5) is 11.8. The van der Waals surface area contributed by atoms with E-state index in [1.165, 1.54) is 11.5 Å². The summed E-state index contributed by atoms with van der Waals surface area (Å²) in [5, 5.41) is 4.40. The van der Waals surface area contributed by atoms with E-state index in [1.54, 1.807) is 6.33 Å². The second kappa shape index (κ2) is 3.71. The van der Waals surface area contributed by atoms with Crippen molar-refractivity contribution in [2.75, 3.05) is 31.1 Å². The Morgan fingerprint density at radius 2 is 2.13 bits per heavy atom. The highest BCUT2D eigenvalue weighted by Crippen LogP contribution is 2.24. The average molecular weight is 221 g/mol. The molecule has 0 radical (unpaired) electrons. The van der Waals surface area contributed by atoms with Gasteiger partial charge >= 0.3 is 0 Å². The molecule has 78 valence electrons. The van der Waals surface area contributed by atoms with E-state index in [4.69, 9.17) is 0 Å². The quantitative estimate of drug-likeness (QED) is 0.760. The highest BCUT2D eigenvalue weighted by atomic mass is 32.1. The minimum Gasteiger partial charge on any atom is -0.353 e. The second-order valence-corrected chi connectivity index (χ2v) is 4.26. The van der Waals surface area contributed by atoms with Crippen LogP contribution >= 0.6 is 11.5 Å². The summed E-state index contributed by atoms with van der Waals surface area (Å²) in [6, 6.07) is 0. The van der Waals surface area contributed by atoms with Gasteiger partial charge in [0, 0.05) is 26.2 Å². The van der Waals surface area contributed by atoms with Gasteiger partial charge in [0.15, 0.2) is 0 Å². The lowest BCUT2D eigenvalue weighted by atomic mass is 10.3. The zero-order chi connectivity index (χ0) is 10.1. The molecular weight excluding hydrogens is 210 g/mol. The van der Waals surface area contributed by atoms with Gasteiger partial charge in [0.05, 0.1) is 11.6 Å². The lowest BCUT2D eigenvalue weighted by Crippen LogP contribution is -2.43. The predicted octanol–water partition coefficient (Wildman–Crippen LogP) is 0.496. The molecule has 15 heavy (non-hydrogen) atoms. The highest BCUT2D eigenvalue weighted by Gasteiger charge is 2.15. The number of aromatic nitrogens is 3. The van der Waals surface area contributed by atoms with Crippen LogP contribution in [0.1, 0.15) is 0 Å². The fraction of sp³-hybridized carbons (Fsp3) is 0.444. The lowest BCUT2D eigenvalue weighted by molar-refractivity contribution is 0.586. The van der Waals surface area contributed by atoms with Crippen LogP contribution in [0.5, 0.6) is 0 Å². The van der Waals surface area contributed by atoms with Gasteiger partial charge in [0.1, 0.15) is 17.0 Å². The van der Waals surface area contributed by atoms with Crippen LogP contribution < -0.4 is 10.2 Å². The Bertz CT molecular complexity index is 462. The smallest absolute Gasteiger partial charge is 0.148 e. The molecule has 0 atom stereocenters. The molecule has 0 spiro atoms. The number of fused-ring (bicyclic) bond motifs is 1. The fourth-order valence-corrected chi connectivity index (χ4v) is 2.41. The van der Waals surface area contributed by atoms with Crippen molar-refractivity contribution in [1.29, 1.82) is 0 Å². The Hall–Kier alpha value is -1.27. The Balaban J connectivity index is 2.05. The van der Waals surface area contributed by atoms with E-state index in [1.807, 2.05) is 6.20 Å². The van der Waals surface area contributed by atoms with Gasteiger partial charge in [0.25, 0.3) is 0 Å². The normalized spacial score (nSPS) is 17.2. The van der Waals surface area contributed by atoms with Gasteiger partial charge in [-0.2, -0.15) is 4.37 Å². The van der Waals surface area contributed by atoms with Gasteiger partial charge in [-0.25, -0.2) is 9.97 Å². The van der Waals surface area contributed by atoms with E-state index in [0.29, 0.717) is 0 Å². The molecular formula is C9H11N5S. The second-order valence-electron chi connectivity index (χ2n) is 3.48. The summed E-state index contributed by atoms with van der Waals surface area (Å²) in [5.41, 5.74) is 0. The Morgan fingerprint density at radius 3 is 3.00 bits per heavy atom. The van der Waals surface area contributed by atoms with Gasteiger partial charge in [-0.05, 0) is 11.5 Å². The number of nitrogens with one attached hydrogen (secondary N) is 1. The standard InChI is InChI=1S/C9H11N5S/c1-3-14(4-2-10-1)8-7-5-13-15-9(7)12-6-11-8/h5-6,10H,1-4H2. The van der Waals surface area contributed by atoms with Crippen LogP contribution in [0.15, 0.2) is 12.5 Å². The van der Waals surface area contributed by atoms with Crippen molar-refractivity contribution in [3.8, 4) is 0 Å². The fourth-order valence-electron chi connectivity index (χ4n) is 1.81. The first-order valence-electron chi connectivity index (χ1n) is 4.96. The first-order chi connectivity index (χ1) is 7.45. The van der Waals surface area contributed by atoms with Crippen LogP contribution in [-0.2, 0) is 0 Å². The monoisotopic (exact) mass is 221 g/mol. The number of rotatable bonds is 1. The van der Waals surface area contributed by atoms with Gasteiger partial charge < -0.3 is 10.2 Å². The van der Waals surface area contributed by atoms with Crippen LogP contribution in [0.2, 0.25) is 0 Å². The van der Waals surface area contributed by atoms with Gasteiger partial charge in [-0.3, -0.25) is 0 Å². The van der Waals surface area contributed by atoms with E-state index in [2.05, 4.69) is 24.6 Å². The molecule has 3 heterocycles. The first-order valence-corrected chi connectivity index (χ1v) is 5.73. The SMILES string of the molecule is c1nc(N2CCNCC2)c2cnsc2n1. The van der Waals surface area contributed by atoms with E-state index < -0.39 is 0 Å². The summed E-state index contributed by atoms with van der Waals surface area (Å²) < 4.78 is 4.15. The third kappa shape index (κ3) is 1.55. The molecule has 2 aromatic rings. The molecule has 2 aromatic heterocycles. The topological polar surface area (TPSA) is 53.9 Å². The van der Waals surface area contributed by atoms with Crippen LogP contribution in [0.4, 0.5) is 5.82 Å². The molecule has 0 amide bonds. The Labute approximate surface area is 91.3 Å². The van der Waals surface area contributed by atoms with E-state index in [-0.39, 0.29) is 0 Å². The average Bonchev–Trinajstić information content (AvgIpc) is 2.78. The van der Waals surface area contributed by atoms with Gasteiger partial charge in [-0.15, -0.1) is 0 Å². The number of hydrogen-bond donors (Lipinski definition) is 1. The van der Waals surface area contributed by atoms with Crippen molar-refractivity contribution in [2.24, 2.45) is 0 Å². The maximum absolute atomic E-state index is 4.36. The maximum atomic E-state index is 4.36. The molecule has 0 aromatic carbocycles.